The summed E-state index contributed by atoms with van der Waals surface area (Å²) in [7, 11) is 1.68. The summed E-state index contributed by atoms with van der Waals surface area (Å²) < 4.78 is 10.9. The summed E-state index contributed by atoms with van der Waals surface area (Å²) in [4.78, 5) is 23.6. The van der Waals surface area contributed by atoms with Gasteiger partial charge in [-0.25, -0.2) is 9.78 Å². The minimum atomic E-state index is -0.155. The number of methoxy groups -OCH3 is 1. The summed E-state index contributed by atoms with van der Waals surface area (Å²) >= 11 is 0. The molecule has 1 amide bonds. The molecule has 0 aromatic carbocycles. The second-order valence-electron chi connectivity index (χ2n) is 7.61. The van der Waals surface area contributed by atoms with Gasteiger partial charge in [0.25, 0.3) is 0 Å². The van der Waals surface area contributed by atoms with Gasteiger partial charge < -0.3 is 19.3 Å². The molecule has 0 spiro atoms. The Morgan fingerprint density at radius 3 is 2.48 bits per heavy atom. The molecule has 0 unspecified atom stereocenters. The van der Waals surface area contributed by atoms with Gasteiger partial charge in [-0.05, 0) is 26.0 Å². The number of aromatic nitrogens is 1. The first kappa shape index (κ1) is 19.9. The molecule has 0 radical (unpaired) electrons. The first-order valence-corrected chi connectivity index (χ1v) is 9.96. The van der Waals surface area contributed by atoms with Gasteiger partial charge in [0.05, 0.1) is 12.3 Å². The minimum absolute atomic E-state index is 0.000892. The van der Waals surface area contributed by atoms with Crippen LogP contribution in [0.5, 0.6) is 0 Å². The lowest BCUT2D eigenvalue weighted by Gasteiger charge is -2.38. The van der Waals surface area contributed by atoms with Crippen molar-refractivity contribution in [1.82, 2.24) is 14.8 Å². The van der Waals surface area contributed by atoms with Crippen molar-refractivity contribution >= 4 is 11.9 Å². The van der Waals surface area contributed by atoms with Crippen LogP contribution in [0, 0.1) is 0 Å². The molecule has 27 heavy (non-hydrogen) atoms. The maximum atomic E-state index is 12.5. The summed E-state index contributed by atoms with van der Waals surface area (Å²) in [6.07, 6.45) is 1.53. The zero-order valence-electron chi connectivity index (χ0n) is 16.8. The number of carbonyl (C=O) groups is 1. The number of piperidine rings is 1. The van der Waals surface area contributed by atoms with Crippen molar-refractivity contribution in [1.29, 1.82) is 0 Å². The SMILES string of the molecule is COCc1cccc(N2CCC(OC(=O)N3CCN(C(C)C)CC3)CC2)n1. The Kier molecular flexibility index (Phi) is 6.90. The van der Waals surface area contributed by atoms with Crippen LogP contribution in [0.1, 0.15) is 32.4 Å². The molecule has 7 nitrogen and oxygen atoms in total. The number of carbonyl (C=O) groups excluding carboxylic acids is 1. The summed E-state index contributed by atoms with van der Waals surface area (Å²) in [5.41, 5.74) is 0.934. The van der Waals surface area contributed by atoms with Gasteiger partial charge in [-0.1, -0.05) is 6.07 Å². The van der Waals surface area contributed by atoms with Gasteiger partial charge in [0.15, 0.2) is 0 Å². The van der Waals surface area contributed by atoms with E-state index in [1.807, 2.05) is 23.1 Å². The van der Waals surface area contributed by atoms with E-state index >= 15 is 0 Å². The van der Waals surface area contributed by atoms with Gasteiger partial charge in [-0.15, -0.1) is 0 Å². The first-order chi connectivity index (χ1) is 13.1. The number of hydrogen-bond donors (Lipinski definition) is 0. The number of pyridine rings is 1. The van der Waals surface area contributed by atoms with Crippen LogP contribution in [0.25, 0.3) is 0 Å². The normalized spacial score (nSPS) is 19.6. The number of hydrogen-bond acceptors (Lipinski definition) is 6. The van der Waals surface area contributed by atoms with Gasteiger partial charge in [0.2, 0.25) is 0 Å². The highest BCUT2D eigenvalue weighted by Crippen LogP contribution is 2.21. The van der Waals surface area contributed by atoms with Crippen molar-refractivity contribution in [3.05, 3.63) is 23.9 Å². The molecule has 1 aromatic rings. The van der Waals surface area contributed by atoms with E-state index in [1.165, 1.54) is 0 Å². The maximum Gasteiger partial charge on any atom is 0.410 e. The number of anilines is 1. The average Bonchev–Trinajstić information content (AvgIpc) is 2.69. The molecule has 0 bridgehead atoms. The Balaban J connectivity index is 1.44. The third kappa shape index (κ3) is 5.32. The molecular formula is C20H32N4O3. The standard InChI is InChI=1S/C20H32N4O3/c1-16(2)22-11-13-24(14-12-22)20(25)27-18-7-9-23(10-8-18)19-6-4-5-17(21-19)15-26-3/h4-6,16,18H,7-15H2,1-3H3. The van der Waals surface area contributed by atoms with Gasteiger partial charge in [0.1, 0.15) is 11.9 Å². The molecular weight excluding hydrogens is 344 g/mol. The lowest BCUT2D eigenvalue weighted by Crippen LogP contribution is -2.51. The van der Waals surface area contributed by atoms with Crippen molar-refractivity contribution in [2.24, 2.45) is 0 Å². The van der Waals surface area contributed by atoms with Crippen LogP contribution in [0.4, 0.5) is 10.6 Å². The molecule has 7 heteroatoms. The third-order valence-electron chi connectivity index (χ3n) is 5.42. The number of piperazine rings is 1. The van der Waals surface area contributed by atoms with Crippen LogP contribution < -0.4 is 4.90 Å². The number of nitrogens with zero attached hydrogens (tertiary/aromatic N) is 4. The molecule has 0 aliphatic carbocycles. The fraction of sp³-hybridized carbons (Fsp3) is 0.700. The van der Waals surface area contributed by atoms with E-state index < -0.39 is 0 Å². The van der Waals surface area contributed by atoms with Crippen LogP contribution in [0.3, 0.4) is 0 Å². The Bertz CT molecular complexity index is 609. The summed E-state index contributed by atoms with van der Waals surface area (Å²) in [6, 6.07) is 6.54. The molecule has 0 atom stereocenters. The Morgan fingerprint density at radius 1 is 1.15 bits per heavy atom. The Labute approximate surface area is 162 Å². The molecule has 2 fully saturated rings. The van der Waals surface area contributed by atoms with E-state index in [2.05, 4.69) is 28.6 Å². The monoisotopic (exact) mass is 376 g/mol. The highest BCUT2D eigenvalue weighted by molar-refractivity contribution is 5.68. The second-order valence-corrected chi connectivity index (χ2v) is 7.61. The maximum absolute atomic E-state index is 12.5. The van der Waals surface area contributed by atoms with E-state index in [4.69, 9.17) is 9.47 Å². The molecule has 150 valence electrons. The summed E-state index contributed by atoms with van der Waals surface area (Å²) in [5, 5.41) is 0. The fourth-order valence-electron chi connectivity index (χ4n) is 3.71. The summed E-state index contributed by atoms with van der Waals surface area (Å²) in [5.74, 6) is 0.971. The molecule has 0 N–H and O–H groups in total. The molecule has 2 saturated heterocycles. The van der Waals surface area contributed by atoms with Crippen molar-refractivity contribution in [3.8, 4) is 0 Å². The molecule has 1 aromatic heterocycles. The first-order valence-electron chi connectivity index (χ1n) is 9.96. The molecule has 2 aliphatic rings. The number of amides is 1. The lowest BCUT2D eigenvalue weighted by atomic mass is 10.1. The smallest absolute Gasteiger partial charge is 0.410 e. The highest BCUT2D eigenvalue weighted by atomic mass is 16.6. The van der Waals surface area contributed by atoms with Crippen LogP contribution in [0.15, 0.2) is 18.2 Å². The van der Waals surface area contributed by atoms with Crippen LogP contribution in [-0.4, -0.2) is 79.4 Å². The fourth-order valence-corrected chi connectivity index (χ4v) is 3.71. The van der Waals surface area contributed by atoms with Gasteiger partial charge in [-0.2, -0.15) is 0 Å². The lowest BCUT2D eigenvalue weighted by molar-refractivity contribution is 0.0337. The van der Waals surface area contributed by atoms with Crippen LogP contribution in [0.2, 0.25) is 0 Å². The van der Waals surface area contributed by atoms with Crippen molar-refractivity contribution in [3.63, 3.8) is 0 Å². The Morgan fingerprint density at radius 2 is 1.85 bits per heavy atom. The van der Waals surface area contributed by atoms with Gasteiger partial charge in [0, 0.05) is 65.3 Å². The van der Waals surface area contributed by atoms with E-state index in [1.54, 1.807) is 7.11 Å². The number of ether oxygens (including phenoxy) is 2. The van der Waals surface area contributed by atoms with Crippen molar-refractivity contribution < 1.29 is 14.3 Å². The quantitative estimate of drug-likeness (QED) is 0.786. The predicted molar refractivity (Wildman–Crippen MR) is 105 cm³/mol. The van der Waals surface area contributed by atoms with Crippen LogP contribution in [-0.2, 0) is 16.1 Å². The van der Waals surface area contributed by atoms with Crippen molar-refractivity contribution in [2.75, 3.05) is 51.3 Å². The molecule has 3 heterocycles. The number of rotatable bonds is 5. The van der Waals surface area contributed by atoms with Crippen molar-refractivity contribution in [2.45, 2.75) is 45.4 Å². The molecule has 0 saturated carbocycles. The largest absolute Gasteiger partial charge is 0.446 e. The third-order valence-corrected chi connectivity index (χ3v) is 5.42. The Hall–Kier alpha value is -1.86. The van der Waals surface area contributed by atoms with Crippen LogP contribution >= 0.6 is 0 Å². The minimum Gasteiger partial charge on any atom is -0.446 e. The topological polar surface area (TPSA) is 58.1 Å². The van der Waals surface area contributed by atoms with Gasteiger partial charge in [-0.3, -0.25) is 4.90 Å². The van der Waals surface area contributed by atoms with E-state index in [0.717, 1.165) is 63.6 Å². The zero-order chi connectivity index (χ0) is 19.2. The molecule has 3 rings (SSSR count). The predicted octanol–water partition coefficient (Wildman–Crippen LogP) is 2.36. The van der Waals surface area contributed by atoms with E-state index in [-0.39, 0.29) is 12.2 Å². The van der Waals surface area contributed by atoms with E-state index in [0.29, 0.717) is 12.6 Å². The van der Waals surface area contributed by atoms with Gasteiger partial charge >= 0.3 is 6.09 Å². The van der Waals surface area contributed by atoms with E-state index in [9.17, 15) is 4.79 Å². The molecule has 2 aliphatic heterocycles. The second kappa shape index (κ2) is 9.37. The zero-order valence-corrected chi connectivity index (χ0v) is 16.8. The highest BCUT2D eigenvalue weighted by Gasteiger charge is 2.28. The summed E-state index contributed by atoms with van der Waals surface area (Å²) in [6.45, 7) is 9.97. The average molecular weight is 377 g/mol.